The molecule has 2 rings (SSSR count). The van der Waals surface area contributed by atoms with Gasteiger partial charge < -0.3 is 5.32 Å². The molecular formula is C9H9ClN2S2. The summed E-state index contributed by atoms with van der Waals surface area (Å²) >= 11 is 8.99. The zero-order valence-electron chi connectivity index (χ0n) is 7.53. The minimum absolute atomic E-state index is 0.289. The van der Waals surface area contributed by atoms with Crippen LogP contribution in [0.15, 0.2) is 23.7 Å². The molecule has 2 aromatic heterocycles. The Morgan fingerprint density at radius 2 is 2.43 bits per heavy atom. The van der Waals surface area contributed by atoms with Gasteiger partial charge in [0.1, 0.15) is 4.34 Å². The molecule has 0 aromatic carbocycles. The number of hydrogen-bond donors (Lipinski definition) is 1. The van der Waals surface area contributed by atoms with Crippen molar-refractivity contribution >= 4 is 39.4 Å². The quantitative estimate of drug-likeness (QED) is 0.882. The highest BCUT2D eigenvalue weighted by atomic mass is 35.5. The Labute approximate surface area is 95.6 Å². The van der Waals surface area contributed by atoms with Crippen molar-refractivity contribution in [3.8, 4) is 0 Å². The van der Waals surface area contributed by atoms with Crippen molar-refractivity contribution in [2.24, 2.45) is 0 Å². The number of anilines is 1. The van der Waals surface area contributed by atoms with E-state index in [4.69, 9.17) is 11.6 Å². The minimum Gasteiger partial charge on any atom is -0.354 e. The van der Waals surface area contributed by atoms with Crippen LogP contribution in [-0.4, -0.2) is 4.98 Å². The molecule has 0 aliphatic carbocycles. The van der Waals surface area contributed by atoms with Gasteiger partial charge in [0.25, 0.3) is 0 Å². The van der Waals surface area contributed by atoms with Crippen LogP contribution in [0.4, 0.5) is 5.13 Å². The lowest BCUT2D eigenvalue weighted by atomic mass is 10.3. The maximum absolute atomic E-state index is 5.79. The second-order valence-corrected chi connectivity index (χ2v) is 5.49. The van der Waals surface area contributed by atoms with Crippen LogP contribution in [0.2, 0.25) is 4.34 Å². The lowest BCUT2D eigenvalue weighted by Crippen LogP contribution is -2.03. The summed E-state index contributed by atoms with van der Waals surface area (Å²) in [7, 11) is 0. The van der Waals surface area contributed by atoms with E-state index in [-0.39, 0.29) is 6.04 Å². The van der Waals surface area contributed by atoms with Gasteiger partial charge in [-0.1, -0.05) is 29.0 Å². The van der Waals surface area contributed by atoms with Gasteiger partial charge in [0.05, 0.1) is 12.2 Å². The highest BCUT2D eigenvalue weighted by Crippen LogP contribution is 2.27. The van der Waals surface area contributed by atoms with E-state index in [0.717, 1.165) is 5.13 Å². The molecule has 5 heteroatoms. The summed E-state index contributed by atoms with van der Waals surface area (Å²) in [4.78, 5) is 5.45. The molecule has 0 spiro atoms. The Morgan fingerprint density at radius 3 is 3.00 bits per heavy atom. The highest BCUT2D eigenvalue weighted by Gasteiger charge is 2.07. The number of halogens is 1. The van der Waals surface area contributed by atoms with Crippen molar-refractivity contribution in [2.75, 3.05) is 5.32 Å². The van der Waals surface area contributed by atoms with Gasteiger partial charge in [-0.2, -0.15) is 0 Å². The first-order valence-electron chi connectivity index (χ1n) is 4.17. The monoisotopic (exact) mass is 244 g/mol. The minimum atomic E-state index is 0.289. The van der Waals surface area contributed by atoms with E-state index >= 15 is 0 Å². The number of thiophene rings is 1. The summed E-state index contributed by atoms with van der Waals surface area (Å²) in [5.41, 5.74) is 0. The summed E-state index contributed by atoms with van der Waals surface area (Å²) in [5, 5.41) is 6.24. The molecule has 2 heterocycles. The molecule has 0 saturated heterocycles. The normalized spacial score (nSPS) is 12.7. The fourth-order valence-electron chi connectivity index (χ4n) is 1.12. The van der Waals surface area contributed by atoms with Crippen molar-refractivity contribution in [1.29, 1.82) is 0 Å². The van der Waals surface area contributed by atoms with Gasteiger partial charge in [0.15, 0.2) is 5.13 Å². The predicted molar refractivity (Wildman–Crippen MR) is 63.5 cm³/mol. The van der Waals surface area contributed by atoms with Crippen molar-refractivity contribution in [1.82, 2.24) is 4.98 Å². The molecule has 0 aliphatic rings. The fourth-order valence-corrected chi connectivity index (χ4v) is 2.75. The molecule has 1 unspecified atom stereocenters. The van der Waals surface area contributed by atoms with Crippen molar-refractivity contribution in [2.45, 2.75) is 13.0 Å². The Kier molecular flexibility index (Phi) is 3.05. The van der Waals surface area contributed by atoms with Crippen LogP contribution in [0, 0.1) is 0 Å². The smallest absolute Gasteiger partial charge is 0.184 e. The summed E-state index contributed by atoms with van der Waals surface area (Å²) < 4.78 is 0.714. The molecule has 0 amide bonds. The number of thiazole rings is 1. The third-order valence-corrected chi connectivity index (χ3v) is 3.89. The van der Waals surface area contributed by atoms with Gasteiger partial charge in [-0.3, -0.25) is 0 Å². The van der Waals surface area contributed by atoms with Crippen LogP contribution in [0.1, 0.15) is 17.8 Å². The van der Waals surface area contributed by atoms with Crippen molar-refractivity contribution in [3.63, 3.8) is 0 Å². The van der Waals surface area contributed by atoms with Gasteiger partial charge >= 0.3 is 0 Å². The maximum Gasteiger partial charge on any atom is 0.184 e. The van der Waals surface area contributed by atoms with Gasteiger partial charge in [-0.25, -0.2) is 4.98 Å². The zero-order valence-corrected chi connectivity index (χ0v) is 9.92. The van der Waals surface area contributed by atoms with Crippen LogP contribution in [-0.2, 0) is 0 Å². The molecule has 0 radical (unpaired) electrons. The highest BCUT2D eigenvalue weighted by molar-refractivity contribution is 7.19. The van der Waals surface area contributed by atoms with Crippen LogP contribution >= 0.6 is 34.3 Å². The predicted octanol–water partition coefficient (Wildman–Crippen LogP) is 4.03. The number of hydrogen-bond acceptors (Lipinski definition) is 4. The van der Waals surface area contributed by atoms with E-state index < -0.39 is 0 Å². The third-order valence-electron chi connectivity index (χ3n) is 1.79. The van der Waals surface area contributed by atoms with Gasteiger partial charge in [-0.15, -0.1) is 11.3 Å². The number of nitrogens with zero attached hydrogens (tertiary/aromatic N) is 1. The van der Waals surface area contributed by atoms with Crippen LogP contribution in [0.5, 0.6) is 0 Å². The number of aromatic nitrogens is 1. The number of nitrogens with one attached hydrogen (secondary N) is 1. The van der Waals surface area contributed by atoms with Crippen LogP contribution in [0.25, 0.3) is 0 Å². The average Bonchev–Trinajstić information content (AvgIpc) is 2.75. The SMILES string of the molecule is CC(Nc1ncc(Cl)s1)c1cccs1. The Bertz CT molecular complexity index is 397. The first kappa shape index (κ1) is 9.96. The largest absolute Gasteiger partial charge is 0.354 e. The molecule has 2 aromatic rings. The van der Waals surface area contributed by atoms with Gasteiger partial charge in [-0.05, 0) is 18.4 Å². The Hall–Kier alpha value is -0.580. The van der Waals surface area contributed by atoms with Gasteiger partial charge in [0, 0.05) is 4.88 Å². The van der Waals surface area contributed by atoms with E-state index in [2.05, 4.69) is 28.7 Å². The topological polar surface area (TPSA) is 24.9 Å². The summed E-state index contributed by atoms with van der Waals surface area (Å²) in [6, 6.07) is 4.45. The lowest BCUT2D eigenvalue weighted by molar-refractivity contribution is 0.904. The van der Waals surface area contributed by atoms with E-state index in [0.29, 0.717) is 4.34 Å². The first-order valence-corrected chi connectivity index (χ1v) is 6.24. The Balaban J connectivity index is 2.05. The lowest BCUT2D eigenvalue weighted by Gasteiger charge is -2.09. The molecule has 0 fully saturated rings. The van der Waals surface area contributed by atoms with Crippen LogP contribution < -0.4 is 5.32 Å². The summed E-state index contributed by atoms with van der Waals surface area (Å²) in [6.07, 6.45) is 1.66. The molecule has 1 N–H and O–H groups in total. The second-order valence-electron chi connectivity index (χ2n) is 2.85. The van der Waals surface area contributed by atoms with E-state index in [1.807, 2.05) is 6.07 Å². The molecule has 2 nitrogen and oxygen atoms in total. The van der Waals surface area contributed by atoms with E-state index in [1.165, 1.54) is 16.2 Å². The molecule has 1 atom stereocenters. The fraction of sp³-hybridized carbons (Fsp3) is 0.222. The molecule has 0 saturated carbocycles. The van der Waals surface area contributed by atoms with E-state index in [9.17, 15) is 0 Å². The molecule has 0 bridgehead atoms. The molecule has 14 heavy (non-hydrogen) atoms. The Morgan fingerprint density at radius 1 is 1.57 bits per heavy atom. The third kappa shape index (κ3) is 2.26. The summed E-state index contributed by atoms with van der Waals surface area (Å²) in [6.45, 7) is 2.11. The van der Waals surface area contributed by atoms with Gasteiger partial charge in [0.2, 0.25) is 0 Å². The maximum atomic E-state index is 5.79. The van der Waals surface area contributed by atoms with E-state index in [1.54, 1.807) is 17.5 Å². The van der Waals surface area contributed by atoms with Crippen molar-refractivity contribution in [3.05, 3.63) is 32.9 Å². The first-order chi connectivity index (χ1) is 6.75. The zero-order chi connectivity index (χ0) is 9.97. The second kappa shape index (κ2) is 4.29. The van der Waals surface area contributed by atoms with Crippen LogP contribution in [0.3, 0.4) is 0 Å². The molecule has 0 aliphatic heterocycles. The standard InChI is InChI=1S/C9H9ClN2S2/c1-6(7-3-2-4-13-7)12-9-11-5-8(10)14-9/h2-6H,1H3,(H,11,12). The molecule has 74 valence electrons. The summed E-state index contributed by atoms with van der Waals surface area (Å²) in [5.74, 6) is 0. The molecular weight excluding hydrogens is 236 g/mol. The number of rotatable bonds is 3. The van der Waals surface area contributed by atoms with Crippen molar-refractivity contribution < 1.29 is 0 Å². The average molecular weight is 245 g/mol.